The van der Waals surface area contributed by atoms with Gasteiger partial charge in [0.2, 0.25) is 5.91 Å². The summed E-state index contributed by atoms with van der Waals surface area (Å²) in [6.45, 7) is 4.34. The second-order valence-corrected chi connectivity index (χ2v) is 5.36. The van der Waals surface area contributed by atoms with E-state index >= 15 is 0 Å². The normalized spacial score (nSPS) is 28.8. The van der Waals surface area contributed by atoms with Crippen LogP contribution in [-0.4, -0.2) is 58.5 Å². The molecule has 2 fully saturated rings. The lowest BCUT2D eigenvalue weighted by molar-refractivity contribution is -0.143. The Morgan fingerprint density at radius 1 is 1.22 bits per heavy atom. The summed E-state index contributed by atoms with van der Waals surface area (Å²) < 4.78 is 0. The van der Waals surface area contributed by atoms with Gasteiger partial charge in [0.05, 0.1) is 0 Å². The molecule has 18 heavy (non-hydrogen) atoms. The molecule has 0 bridgehead atoms. The van der Waals surface area contributed by atoms with Crippen LogP contribution in [0.1, 0.15) is 39.0 Å². The number of hydrogen-bond acceptors (Lipinski definition) is 3. The molecule has 2 rings (SSSR count). The molecular formula is C13H22N2O3. The monoisotopic (exact) mass is 254 g/mol. The van der Waals surface area contributed by atoms with E-state index in [0.29, 0.717) is 25.4 Å². The van der Waals surface area contributed by atoms with E-state index in [1.54, 1.807) is 0 Å². The number of carboxylic acids is 1. The van der Waals surface area contributed by atoms with Gasteiger partial charge in [-0.2, -0.15) is 0 Å². The highest BCUT2D eigenvalue weighted by Crippen LogP contribution is 2.20. The topological polar surface area (TPSA) is 60.9 Å². The average Bonchev–Trinajstić information content (AvgIpc) is 2.94. The zero-order chi connectivity index (χ0) is 13.1. The highest BCUT2D eigenvalue weighted by atomic mass is 16.4. The maximum atomic E-state index is 12.0. The Balaban J connectivity index is 1.80. The number of carbonyl (C=O) groups excluding carboxylic acids is 1. The van der Waals surface area contributed by atoms with Gasteiger partial charge in [0.15, 0.2) is 0 Å². The first-order valence-corrected chi connectivity index (χ1v) is 6.86. The smallest absolute Gasteiger partial charge is 0.320 e. The van der Waals surface area contributed by atoms with Crippen LogP contribution in [0.4, 0.5) is 0 Å². The number of carbonyl (C=O) groups is 2. The van der Waals surface area contributed by atoms with Crippen LogP contribution in [0.5, 0.6) is 0 Å². The van der Waals surface area contributed by atoms with Crippen molar-refractivity contribution >= 4 is 11.9 Å². The fourth-order valence-electron chi connectivity index (χ4n) is 3.06. The molecule has 102 valence electrons. The molecule has 0 saturated carbocycles. The van der Waals surface area contributed by atoms with Gasteiger partial charge in [0.1, 0.15) is 6.04 Å². The number of carboxylic acid groups (broad SMARTS) is 1. The zero-order valence-corrected chi connectivity index (χ0v) is 11.0. The van der Waals surface area contributed by atoms with Crippen molar-refractivity contribution in [2.75, 3.05) is 19.6 Å². The van der Waals surface area contributed by atoms with Crippen LogP contribution >= 0.6 is 0 Å². The second kappa shape index (κ2) is 5.69. The van der Waals surface area contributed by atoms with E-state index in [0.717, 1.165) is 32.4 Å². The van der Waals surface area contributed by atoms with Crippen molar-refractivity contribution in [2.24, 2.45) is 0 Å². The maximum absolute atomic E-state index is 12.0. The van der Waals surface area contributed by atoms with Crippen molar-refractivity contribution in [1.82, 2.24) is 9.80 Å². The number of likely N-dealkylation sites (tertiary alicyclic amines) is 2. The van der Waals surface area contributed by atoms with E-state index in [1.165, 1.54) is 0 Å². The summed E-state index contributed by atoms with van der Waals surface area (Å²) in [7, 11) is 0. The highest BCUT2D eigenvalue weighted by molar-refractivity contribution is 5.77. The number of nitrogens with zero attached hydrogens (tertiary/aromatic N) is 2. The molecule has 5 heteroatoms. The van der Waals surface area contributed by atoms with E-state index in [9.17, 15) is 9.59 Å². The molecular weight excluding hydrogens is 232 g/mol. The van der Waals surface area contributed by atoms with Gasteiger partial charge in [0, 0.05) is 25.6 Å². The molecule has 2 atom stereocenters. The minimum atomic E-state index is -0.755. The van der Waals surface area contributed by atoms with Crippen molar-refractivity contribution in [3.05, 3.63) is 0 Å². The van der Waals surface area contributed by atoms with Gasteiger partial charge in [-0.25, -0.2) is 0 Å². The molecule has 2 aliphatic heterocycles. The first-order chi connectivity index (χ1) is 8.59. The van der Waals surface area contributed by atoms with Crippen molar-refractivity contribution < 1.29 is 14.7 Å². The van der Waals surface area contributed by atoms with Crippen LogP contribution in [0.2, 0.25) is 0 Å². The molecule has 0 aromatic heterocycles. The van der Waals surface area contributed by atoms with E-state index in [1.807, 2.05) is 9.80 Å². The van der Waals surface area contributed by atoms with E-state index in [-0.39, 0.29) is 11.9 Å². The standard InChI is InChI=1S/C13H22N2O3/c1-10-4-2-8-15(10)12(16)6-9-14-7-3-5-11(14)13(17)18/h10-11H,2-9H2,1H3,(H,17,18)/t10?,11-/m0/s1. The molecule has 2 saturated heterocycles. The second-order valence-electron chi connectivity index (χ2n) is 5.36. The number of rotatable bonds is 4. The largest absolute Gasteiger partial charge is 0.480 e. The summed E-state index contributed by atoms with van der Waals surface area (Å²) in [6, 6.07) is -0.0276. The minimum Gasteiger partial charge on any atom is -0.480 e. The molecule has 1 unspecified atom stereocenters. The van der Waals surface area contributed by atoms with Gasteiger partial charge in [0.25, 0.3) is 0 Å². The van der Waals surface area contributed by atoms with Crippen LogP contribution in [0.15, 0.2) is 0 Å². The van der Waals surface area contributed by atoms with Crippen molar-refractivity contribution in [3.8, 4) is 0 Å². The fraction of sp³-hybridized carbons (Fsp3) is 0.846. The summed E-state index contributed by atoms with van der Waals surface area (Å²) >= 11 is 0. The quantitative estimate of drug-likeness (QED) is 0.811. The summed E-state index contributed by atoms with van der Waals surface area (Å²) in [4.78, 5) is 26.9. The van der Waals surface area contributed by atoms with Crippen molar-refractivity contribution in [3.63, 3.8) is 0 Å². The van der Waals surface area contributed by atoms with Crippen LogP contribution in [0.25, 0.3) is 0 Å². The molecule has 0 aromatic rings. The number of hydrogen-bond donors (Lipinski definition) is 1. The van der Waals surface area contributed by atoms with Crippen LogP contribution in [-0.2, 0) is 9.59 Å². The Morgan fingerprint density at radius 3 is 2.56 bits per heavy atom. The summed E-state index contributed by atoms with van der Waals surface area (Å²) in [5.41, 5.74) is 0. The summed E-state index contributed by atoms with van der Waals surface area (Å²) in [5, 5.41) is 9.07. The molecule has 1 amide bonds. The molecule has 5 nitrogen and oxygen atoms in total. The third kappa shape index (κ3) is 2.83. The highest BCUT2D eigenvalue weighted by Gasteiger charge is 2.31. The predicted molar refractivity (Wildman–Crippen MR) is 67.3 cm³/mol. The minimum absolute atomic E-state index is 0.177. The molecule has 0 aliphatic carbocycles. The molecule has 0 spiro atoms. The lowest BCUT2D eigenvalue weighted by Gasteiger charge is -2.24. The van der Waals surface area contributed by atoms with Crippen LogP contribution < -0.4 is 0 Å². The van der Waals surface area contributed by atoms with Gasteiger partial charge in [-0.05, 0) is 39.2 Å². The molecule has 0 radical (unpaired) electrons. The third-order valence-electron chi connectivity index (χ3n) is 4.13. The van der Waals surface area contributed by atoms with Gasteiger partial charge < -0.3 is 10.0 Å². The lowest BCUT2D eigenvalue weighted by Crippen LogP contribution is -2.40. The molecule has 1 N–H and O–H groups in total. The Labute approximate surface area is 108 Å². The molecule has 2 aliphatic rings. The number of aliphatic carboxylic acids is 1. The lowest BCUT2D eigenvalue weighted by atomic mass is 10.2. The maximum Gasteiger partial charge on any atom is 0.320 e. The van der Waals surface area contributed by atoms with E-state index in [4.69, 9.17) is 5.11 Å². The van der Waals surface area contributed by atoms with Crippen LogP contribution in [0.3, 0.4) is 0 Å². The Kier molecular flexibility index (Phi) is 4.22. The summed E-state index contributed by atoms with van der Waals surface area (Å²) in [5.74, 6) is -0.578. The SMILES string of the molecule is CC1CCCN1C(=O)CCN1CCC[C@H]1C(=O)O. The predicted octanol–water partition coefficient (Wildman–Crippen LogP) is 0.936. The fourth-order valence-corrected chi connectivity index (χ4v) is 3.06. The molecule has 0 aromatic carbocycles. The average molecular weight is 254 g/mol. The first-order valence-electron chi connectivity index (χ1n) is 6.86. The Hall–Kier alpha value is -1.10. The van der Waals surface area contributed by atoms with E-state index in [2.05, 4.69) is 6.92 Å². The van der Waals surface area contributed by atoms with E-state index < -0.39 is 5.97 Å². The summed E-state index contributed by atoms with van der Waals surface area (Å²) in [6.07, 6.45) is 4.27. The number of amides is 1. The molecule has 2 heterocycles. The van der Waals surface area contributed by atoms with Gasteiger partial charge in [-0.3, -0.25) is 14.5 Å². The van der Waals surface area contributed by atoms with Gasteiger partial charge in [-0.1, -0.05) is 0 Å². The third-order valence-corrected chi connectivity index (χ3v) is 4.13. The van der Waals surface area contributed by atoms with Crippen LogP contribution in [0, 0.1) is 0 Å². The van der Waals surface area contributed by atoms with Crippen molar-refractivity contribution in [2.45, 2.75) is 51.1 Å². The Morgan fingerprint density at radius 2 is 1.94 bits per heavy atom. The van der Waals surface area contributed by atoms with Crippen molar-refractivity contribution in [1.29, 1.82) is 0 Å². The zero-order valence-electron chi connectivity index (χ0n) is 11.0. The van der Waals surface area contributed by atoms with Gasteiger partial charge in [-0.15, -0.1) is 0 Å². The first kappa shape index (κ1) is 13.3. The Bertz CT molecular complexity index is 332. The van der Waals surface area contributed by atoms with Gasteiger partial charge >= 0.3 is 5.97 Å².